The molecule has 0 heterocycles. The topological polar surface area (TPSA) is 75.7 Å². The Morgan fingerprint density at radius 1 is 1.29 bits per heavy atom. The number of aliphatic hydroxyl groups is 2. The lowest BCUT2D eigenvalue weighted by atomic mass is 10.3. The highest BCUT2D eigenvalue weighted by atomic mass is 35.5. The summed E-state index contributed by atoms with van der Waals surface area (Å²) in [5.74, 6) is 0.627. The number of halogens is 1. The summed E-state index contributed by atoms with van der Waals surface area (Å²) < 4.78 is 5.15. The van der Waals surface area contributed by atoms with E-state index in [0.29, 0.717) is 11.4 Å². The molecule has 0 aliphatic carbocycles. The van der Waals surface area contributed by atoms with Gasteiger partial charge in [-0.2, -0.15) is 0 Å². The third kappa shape index (κ3) is 4.32. The Balaban J connectivity index is 0.00000169. The summed E-state index contributed by atoms with van der Waals surface area (Å²) in [6, 6.07) is 6.83. The SMILES string of the molecule is Cl.Nc1ccc(OCC(O)CO)cc1. The smallest absolute Gasteiger partial charge is 0.119 e. The molecule has 1 aromatic rings. The Morgan fingerprint density at radius 2 is 1.86 bits per heavy atom. The number of hydrogen-bond donors (Lipinski definition) is 3. The van der Waals surface area contributed by atoms with E-state index < -0.39 is 6.10 Å². The first kappa shape index (κ1) is 13.0. The highest BCUT2D eigenvalue weighted by molar-refractivity contribution is 5.85. The van der Waals surface area contributed by atoms with Crippen LogP contribution in [0.4, 0.5) is 5.69 Å². The molecule has 0 radical (unpaired) electrons. The predicted molar refractivity (Wildman–Crippen MR) is 56.7 cm³/mol. The maximum absolute atomic E-state index is 8.97. The highest BCUT2D eigenvalue weighted by Gasteiger charge is 2.02. The number of nitrogens with two attached hydrogens (primary N) is 1. The lowest BCUT2D eigenvalue weighted by molar-refractivity contribution is 0.0536. The molecule has 1 aromatic carbocycles. The lowest BCUT2D eigenvalue weighted by Gasteiger charge is -2.09. The van der Waals surface area contributed by atoms with Gasteiger partial charge in [0.15, 0.2) is 0 Å². The van der Waals surface area contributed by atoms with E-state index >= 15 is 0 Å². The monoisotopic (exact) mass is 219 g/mol. The van der Waals surface area contributed by atoms with Crippen LogP contribution in [-0.2, 0) is 0 Å². The molecule has 0 saturated carbocycles. The Labute approximate surface area is 88.7 Å². The van der Waals surface area contributed by atoms with Crippen LogP contribution in [0.15, 0.2) is 24.3 Å². The summed E-state index contributed by atoms with van der Waals surface area (Å²) in [6.07, 6.45) is -0.836. The first-order valence-electron chi connectivity index (χ1n) is 3.99. The number of aliphatic hydroxyl groups excluding tert-OH is 2. The molecular formula is C9H14ClNO3. The maximum atomic E-state index is 8.97. The van der Waals surface area contributed by atoms with E-state index in [0.717, 1.165) is 0 Å². The Morgan fingerprint density at radius 3 is 2.36 bits per heavy atom. The van der Waals surface area contributed by atoms with Gasteiger partial charge in [0.05, 0.1) is 6.61 Å². The molecule has 0 aromatic heterocycles. The molecule has 1 unspecified atom stereocenters. The van der Waals surface area contributed by atoms with E-state index in [4.69, 9.17) is 20.7 Å². The van der Waals surface area contributed by atoms with Gasteiger partial charge >= 0.3 is 0 Å². The number of ether oxygens (including phenoxy) is 1. The zero-order valence-electron chi connectivity index (χ0n) is 7.59. The summed E-state index contributed by atoms with van der Waals surface area (Å²) in [5.41, 5.74) is 6.13. The van der Waals surface area contributed by atoms with Crippen LogP contribution >= 0.6 is 12.4 Å². The van der Waals surface area contributed by atoms with Gasteiger partial charge in [0.25, 0.3) is 0 Å². The summed E-state index contributed by atoms with van der Waals surface area (Å²) in [7, 11) is 0. The van der Waals surface area contributed by atoms with E-state index in [2.05, 4.69) is 0 Å². The Kier molecular flexibility index (Phi) is 6.03. The molecule has 0 amide bonds. The second kappa shape index (κ2) is 6.48. The van der Waals surface area contributed by atoms with Crippen molar-refractivity contribution in [1.82, 2.24) is 0 Å². The second-order valence-corrected chi connectivity index (χ2v) is 2.72. The summed E-state index contributed by atoms with van der Waals surface area (Å²) >= 11 is 0. The molecule has 0 fully saturated rings. The minimum atomic E-state index is -0.836. The van der Waals surface area contributed by atoms with Crippen molar-refractivity contribution < 1.29 is 14.9 Å². The van der Waals surface area contributed by atoms with Crippen LogP contribution in [-0.4, -0.2) is 29.5 Å². The van der Waals surface area contributed by atoms with Crippen molar-refractivity contribution in [3.8, 4) is 5.75 Å². The fourth-order valence-electron chi connectivity index (χ4n) is 0.809. The molecule has 5 heteroatoms. The average molecular weight is 220 g/mol. The first-order chi connectivity index (χ1) is 6.22. The molecule has 4 N–H and O–H groups in total. The number of hydrogen-bond acceptors (Lipinski definition) is 4. The Hall–Kier alpha value is -0.970. The summed E-state index contributed by atoms with van der Waals surface area (Å²) in [6.45, 7) is -0.213. The van der Waals surface area contributed by atoms with Gasteiger partial charge in [-0.15, -0.1) is 12.4 Å². The normalized spacial score (nSPS) is 11.6. The molecular weight excluding hydrogens is 206 g/mol. The van der Waals surface area contributed by atoms with Crippen molar-refractivity contribution in [1.29, 1.82) is 0 Å². The van der Waals surface area contributed by atoms with Gasteiger partial charge in [-0.1, -0.05) is 0 Å². The van der Waals surface area contributed by atoms with E-state index in [-0.39, 0.29) is 25.6 Å². The van der Waals surface area contributed by atoms with E-state index in [9.17, 15) is 0 Å². The van der Waals surface area contributed by atoms with E-state index in [1.807, 2.05) is 0 Å². The van der Waals surface area contributed by atoms with Gasteiger partial charge < -0.3 is 20.7 Å². The summed E-state index contributed by atoms with van der Waals surface area (Å²) in [4.78, 5) is 0. The standard InChI is InChI=1S/C9H13NO3.ClH/c10-7-1-3-9(4-2-7)13-6-8(12)5-11;/h1-4,8,11-12H,5-6,10H2;1H. The van der Waals surface area contributed by atoms with Gasteiger partial charge in [-0.3, -0.25) is 0 Å². The highest BCUT2D eigenvalue weighted by Crippen LogP contribution is 2.12. The van der Waals surface area contributed by atoms with Crippen LogP contribution in [0, 0.1) is 0 Å². The van der Waals surface area contributed by atoms with E-state index in [1.165, 1.54) is 0 Å². The molecule has 0 aliphatic heterocycles. The minimum absolute atomic E-state index is 0. The minimum Gasteiger partial charge on any atom is -0.491 e. The van der Waals surface area contributed by atoms with Crippen molar-refractivity contribution in [2.45, 2.75) is 6.10 Å². The molecule has 0 spiro atoms. The summed E-state index contributed by atoms with van der Waals surface area (Å²) in [5, 5.41) is 17.5. The number of nitrogen functional groups attached to an aromatic ring is 1. The fourth-order valence-corrected chi connectivity index (χ4v) is 0.809. The molecule has 0 bridgehead atoms. The van der Waals surface area contributed by atoms with Crippen LogP contribution in [0.5, 0.6) is 5.75 Å². The quantitative estimate of drug-likeness (QED) is 0.642. The van der Waals surface area contributed by atoms with Gasteiger partial charge in [-0.25, -0.2) is 0 Å². The van der Waals surface area contributed by atoms with Crippen molar-refractivity contribution in [2.24, 2.45) is 0 Å². The van der Waals surface area contributed by atoms with Gasteiger partial charge in [-0.05, 0) is 24.3 Å². The zero-order valence-corrected chi connectivity index (χ0v) is 8.41. The molecule has 4 nitrogen and oxygen atoms in total. The van der Waals surface area contributed by atoms with Gasteiger partial charge in [0.1, 0.15) is 18.5 Å². The van der Waals surface area contributed by atoms with Crippen LogP contribution in [0.2, 0.25) is 0 Å². The maximum Gasteiger partial charge on any atom is 0.119 e. The fraction of sp³-hybridized carbons (Fsp3) is 0.333. The van der Waals surface area contributed by atoms with Crippen LogP contribution in [0.1, 0.15) is 0 Å². The molecule has 0 aliphatic rings. The number of anilines is 1. The number of rotatable bonds is 4. The first-order valence-corrected chi connectivity index (χ1v) is 3.99. The van der Waals surface area contributed by atoms with Gasteiger partial charge in [0.2, 0.25) is 0 Å². The zero-order chi connectivity index (χ0) is 9.68. The van der Waals surface area contributed by atoms with Crippen molar-refractivity contribution >= 4 is 18.1 Å². The molecule has 1 atom stereocenters. The largest absolute Gasteiger partial charge is 0.491 e. The Bertz CT molecular complexity index is 253. The van der Waals surface area contributed by atoms with Crippen LogP contribution in [0.25, 0.3) is 0 Å². The number of benzene rings is 1. The van der Waals surface area contributed by atoms with Crippen molar-refractivity contribution in [3.05, 3.63) is 24.3 Å². The molecule has 80 valence electrons. The third-order valence-electron chi connectivity index (χ3n) is 1.53. The van der Waals surface area contributed by atoms with E-state index in [1.54, 1.807) is 24.3 Å². The lowest BCUT2D eigenvalue weighted by Crippen LogP contribution is -2.21. The average Bonchev–Trinajstić information content (AvgIpc) is 2.16. The van der Waals surface area contributed by atoms with Crippen molar-refractivity contribution in [2.75, 3.05) is 18.9 Å². The van der Waals surface area contributed by atoms with Crippen molar-refractivity contribution in [3.63, 3.8) is 0 Å². The predicted octanol–water partition coefficient (Wildman–Crippen LogP) is 0.423. The van der Waals surface area contributed by atoms with Crippen LogP contribution in [0.3, 0.4) is 0 Å². The van der Waals surface area contributed by atoms with Gasteiger partial charge in [0, 0.05) is 5.69 Å². The molecule has 14 heavy (non-hydrogen) atoms. The molecule has 1 rings (SSSR count). The second-order valence-electron chi connectivity index (χ2n) is 2.72. The molecule has 0 saturated heterocycles. The third-order valence-corrected chi connectivity index (χ3v) is 1.53. The van der Waals surface area contributed by atoms with Crippen LogP contribution < -0.4 is 10.5 Å².